The van der Waals surface area contributed by atoms with E-state index in [0.29, 0.717) is 23.2 Å². The smallest absolute Gasteiger partial charge is 0.311 e. The van der Waals surface area contributed by atoms with Crippen LogP contribution in [0, 0.1) is 52.3 Å². The van der Waals surface area contributed by atoms with E-state index < -0.39 is 0 Å². The molecule has 0 amide bonds. The summed E-state index contributed by atoms with van der Waals surface area (Å²) in [6, 6.07) is 0. The van der Waals surface area contributed by atoms with Crippen LogP contribution < -0.4 is 0 Å². The number of rotatable bonds is 8. The van der Waals surface area contributed by atoms with Crippen LogP contribution in [0.4, 0.5) is 0 Å². The summed E-state index contributed by atoms with van der Waals surface area (Å²) in [5.74, 6) is 4.88. The fraction of sp³-hybridized carbons (Fsp3) is 0.788. The molecule has 3 fully saturated rings. The molecule has 0 spiro atoms. The number of hydrogen-bond donors (Lipinski definition) is 0. The van der Waals surface area contributed by atoms with E-state index in [9.17, 15) is 4.79 Å². The van der Waals surface area contributed by atoms with Gasteiger partial charge in [0.05, 0.1) is 11.5 Å². The number of allylic oxidation sites excluding steroid dienone is 3. The first-order valence-corrected chi connectivity index (χ1v) is 16.3. The van der Waals surface area contributed by atoms with Gasteiger partial charge in [0.2, 0.25) is 0 Å². The number of carbonyl (C=O) groups is 1. The molecule has 0 saturated heterocycles. The van der Waals surface area contributed by atoms with Gasteiger partial charge in [-0.25, -0.2) is 0 Å². The quantitative estimate of drug-likeness (QED) is 0.210. The molecule has 0 aromatic heterocycles. The maximum absolute atomic E-state index is 12.4. The second-order valence-corrected chi connectivity index (χ2v) is 15.2. The minimum absolute atomic E-state index is 0.0625. The summed E-state index contributed by atoms with van der Waals surface area (Å²) < 4.78 is 5.74. The van der Waals surface area contributed by atoms with E-state index >= 15 is 0 Å². The van der Waals surface area contributed by atoms with Crippen LogP contribution in [0.1, 0.15) is 106 Å². The third kappa shape index (κ3) is 5.94. The molecule has 2 nitrogen and oxygen atoms in total. The van der Waals surface area contributed by atoms with Gasteiger partial charge >= 0.3 is 5.97 Å². The summed E-state index contributed by atoms with van der Waals surface area (Å²) in [7, 11) is 0. The summed E-state index contributed by atoms with van der Waals surface area (Å²) in [4.78, 5) is 12.4. The second kappa shape index (κ2) is 12.2. The zero-order chi connectivity index (χ0) is 27.8. The van der Waals surface area contributed by atoms with Crippen molar-refractivity contribution in [3.05, 3.63) is 33.3 Å². The fourth-order valence-electron chi connectivity index (χ4n) is 9.34. The lowest BCUT2D eigenvalue weighted by molar-refractivity contribution is -0.150. The molecule has 0 aromatic rings. The van der Waals surface area contributed by atoms with Crippen molar-refractivity contribution < 1.29 is 9.53 Å². The van der Waals surface area contributed by atoms with Crippen molar-refractivity contribution >= 4 is 40.8 Å². The van der Waals surface area contributed by atoms with Crippen molar-refractivity contribution in [3.63, 3.8) is 0 Å². The van der Waals surface area contributed by atoms with Gasteiger partial charge in [0.25, 0.3) is 0 Å². The Morgan fingerprint density at radius 2 is 1.79 bits per heavy atom. The highest BCUT2D eigenvalue weighted by Crippen LogP contribution is 2.67. The lowest BCUT2D eigenvalue weighted by atomic mass is 9.47. The molecule has 38 heavy (non-hydrogen) atoms. The summed E-state index contributed by atoms with van der Waals surface area (Å²) in [5.41, 5.74) is 2.21. The highest BCUT2D eigenvalue weighted by molar-refractivity contribution is 6.59. The molecule has 4 aliphatic carbocycles. The Balaban J connectivity index is 1.44. The van der Waals surface area contributed by atoms with Crippen molar-refractivity contribution in [1.82, 2.24) is 0 Å². The molecule has 0 heterocycles. The van der Waals surface area contributed by atoms with Crippen molar-refractivity contribution in [1.29, 1.82) is 0 Å². The van der Waals surface area contributed by atoms with Crippen molar-refractivity contribution in [2.24, 2.45) is 52.3 Å². The molecule has 0 aliphatic heterocycles. The van der Waals surface area contributed by atoms with E-state index in [1.165, 1.54) is 44.1 Å². The second-order valence-electron chi connectivity index (χ2n) is 13.7. The van der Waals surface area contributed by atoms with Crippen molar-refractivity contribution in [2.75, 3.05) is 0 Å². The van der Waals surface area contributed by atoms with Gasteiger partial charge in [-0.05, 0) is 104 Å². The normalized spacial score (nSPS) is 38.2. The SMILES string of the molecule is CC[C@H](/C=C/[C@@H](C)[C@H]1CC[C@H]2[C@@H]3CC=C4C[C@@H](OC(=O)CC(Cl)=C(Cl)Cl)CC[C@]4(C)[C@H]3CC[C@]12C)C(C)C. The maximum Gasteiger partial charge on any atom is 0.311 e. The predicted octanol–water partition coefficient (Wildman–Crippen LogP) is 10.6. The minimum Gasteiger partial charge on any atom is -0.462 e. The van der Waals surface area contributed by atoms with E-state index in [2.05, 4.69) is 59.8 Å². The fourth-order valence-corrected chi connectivity index (χ4v) is 9.58. The first-order valence-electron chi connectivity index (χ1n) is 15.2. The van der Waals surface area contributed by atoms with Gasteiger partial charge in [-0.3, -0.25) is 4.79 Å². The maximum atomic E-state index is 12.4. The monoisotopic (exact) mass is 582 g/mol. The number of esters is 1. The van der Waals surface area contributed by atoms with E-state index in [-0.39, 0.29) is 33.4 Å². The van der Waals surface area contributed by atoms with Crippen LogP contribution in [0.2, 0.25) is 0 Å². The number of hydrogen-bond acceptors (Lipinski definition) is 2. The molecular weight excluding hydrogens is 535 g/mol. The lowest BCUT2D eigenvalue weighted by Crippen LogP contribution is -2.51. The van der Waals surface area contributed by atoms with Gasteiger partial charge in [0, 0.05) is 6.42 Å². The molecule has 3 saturated carbocycles. The van der Waals surface area contributed by atoms with Crippen molar-refractivity contribution in [3.8, 4) is 0 Å². The van der Waals surface area contributed by atoms with E-state index in [1.807, 2.05) is 0 Å². The van der Waals surface area contributed by atoms with Gasteiger partial charge in [-0.1, -0.05) is 100 Å². The van der Waals surface area contributed by atoms with E-state index in [0.717, 1.165) is 42.9 Å². The molecule has 0 N–H and O–H groups in total. The largest absolute Gasteiger partial charge is 0.462 e. The average Bonchev–Trinajstić information content (AvgIpc) is 3.21. The molecule has 4 rings (SSSR count). The molecule has 0 unspecified atom stereocenters. The molecule has 5 heteroatoms. The third-order valence-electron chi connectivity index (χ3n) is 11.6. The third-order valence-corrected chi connectivity index (χ3v) is 12.5. The Hall–Kier alpha value is -0.440. The number of halogens is 3. The predicted molar refractivity (Wildman–Crippen MR) is 161 cm³/mol. The standard InChI is InChI=1S/C33H49Cl3O2/c1-7-22(20(2)3)9-8-21(4)26-12-13-27-25-11-10-23-18-24(38-30(37)19-29(34)31(35)36)14-16-32(23,5)28(25)15-17-33(26,27)6/h8-10,20-22,24-28H,7,11-19H2,1-6H3/b9-8+/t21-,22-,24+,25+,26-,27+,28+,32+,33-/m1/s1. The van der Waals surface area contributed by atoms with Crippen LogP contribution in [0.5, 0.6) is 0 Å². The number of carbonyl (C=O) groups excluding carboxylic acids is 1. The van der Waals surface area contributed by atoms with Crippen LogP contribution in [0.3, 0.4) is 0 Å². The Morgan fingerprint density at radius 3 is 2.45 bits per heavy atom. The Morgan fingerprint density at radius 1 is 1.05 bits per heavy atom. The number of ether oxygens (including phenoxy) is 1. The highest BCUT2D eigenvalue weighted by atomic mass is 35.5. The molecular formula is C33H49Cl3O2. The molecule has 0 radical (unpaired) electrons. The van der Waals surface area contributed by atoms with Gasteiger partial charge in [-0.15, -0.1) is 0 Å². The zero-order valence-corrected chi connectivity index (χ0v) is 26.6. The minimum atomic E-state index is -0.344. The van der Waals surface area contributed by atoms with Crippen LogP contribution in [-0.4, -0.2) is 12.1 Å². The molecule has 9 atom stereocenters. The Bertz CT molecular complexity index is 963. The molecule has 0 bridgehead atoms. The van der Waals surface area contributed by atoms with Crippen LogP contribution in [0.15, 0.2) is 33.3 Å². The Kier molecular flexibility index (Phi) is 9.80. The van der Waals surface area contributed by atoms with E-state index in [1.54, 1.807) is 0 Å². The van der Waals surface area contributed by atoms with Crippen LogP contribution in [-0.2, 0) is 9.53 Å². The molecule has 214 valence electrons. The summed E-state index contributed by atoms with van der Waals surface area (Å²) in [5, 5.41) is 0.147. The average molecular weight is 584 g/mol. The van der Waals surface area contributed by atoms with Gasteiger partial charge in [-0.2, -0.15) is 0 Å². The van der Waals surface area contributed by atoms with Crippen LogP contribution >= 0.6 is 34.8 Å². The van der Waals surface area contributed by atoms with Gasteiger partial charge in [0.15, 0.2) is 0 Å². The molecule has 4 aliphatic rings. The topological polar surface area (TPSA) is 26.3 Å². The summed E-state index contributed by atoms with van der Waals surface area (Å²) >= 11 is 17.4. The number of fused-ring (bicyclic) bond motifs is 5. The summed E-state index contributed by atoms with van der Waals surface area (Å²) in [6.07, 6.45) is 18.3. The van der Waals surface area contributed by atoms with Crippen molar-refractivity contribution in [2.45, 2.75) is 112 Å². The first-order chi connectivity index (χ1) is 17.9. The van der Waals surface area contributed by atoms with Crippen LogP contribution in [0.25, 0.3) is 0 Å². The highest BCUT2D eigenvalue weighted by Gasteiger charge is 2.59. The Labute approximate surface area is 247 Å². The first kappa shape index (κ1) is 30.5. The summed E-state index contributed by atoms with van der Waals surface area (Å²) in [6.45, 7) is 14.7. The lowest BCUT2D eigenvalue weighted by Gasteiger charge is -2.58. The van der Waals surface area contributed by atoms with Gasteiger partial charge < -0.3 is 4.74 Å². The van der Waals surface area contributed by atoms with Gasteiger partial charge in [0.1, 0.15) is 10.6 Å². The molecule has 0 aromatic carbocycles. The van der Waals surface area contributed by atoms with E-state index in [4.69, 9.17) is 39.5 Å². The zero-order valence-electron chi connectivity index (χ0n) is 24.4.